The van der Waals surface area contributed by atoms with Crippen molar-refractivity contribution in [1.29, 1.82) is 5.26 Å². The molecule has 1 fully saturated rings. The van der Waals surface area contributed by atoms with Gasteiger partial charge in [-0.1, -0.05) is 0 Å². The molecule has 0 saturated heterocycles. The lowest BCUT2D eigenvalue weighted by Crippen LogP contribution is -2.46. The molecule has 1 aromatic heterocycles. The molecule has 1 aliphatic carbocycles. The van der Waals surface area contributed by atoms with Gasteiger partial charge in [-0.15, -0.1) is 0 Å². The van der Waals surface area contributed by atoms with Crippen LogP contribution >= 0.6 is 0 Å². The van der Waals surface area contributed by atoms with Crippen LogP contribution < -0.4 is 5.32 Å². The highest BCUT2D eigenvalue weighted by Gasteiger charge is 2.35. The predicted molar refractivity (Wildman–Crippen MR) is 68.7 cm³/mol. The van der Waals surface area contributed by atoms with Gasteiger partial charge < -0.3 is 14.5 Å². The largest absolute Gasteiger partial charge is 0.454 e. The van der Waals surface area contributed by atoms with E-state index in [4.69, 9.17) is 14.4 Å². The van der Waals surface area contributed by atoms with Crippen LogP contribution in [-0.4, -0.2) is 24.0 Å². The van der Waals surface area contributed by atoms with Gasteiger partial charge >= 0.3 is 5.97 Å². The Morgan fingerprint density at radius 2 is 2.15 bits per heavy atom. The van der Waals surface area contributed by atoms with Crippen LogP contribution in [-0.2, 0) is 9.53 Å². The third-order valence-electron chi connectivity index (χ3n) is 3.33. The summed E-state index contributed by atoms with van der Waals surface area (Å²) in [5.74, 6) is -0.502. The van der Waals surface area contributed by atoms with E-state index in [1.807, 2.05) is 0 Å². The van der Waals surface area contributed by atoms with Gasteiger partial charge in [0.2, 0.25) is 5.76 Å². The molecule has 2 rings (SSSR count). The number of hydrogen-bond acceptors (Lipinski definition) is 5. The number of ether oxygens (including phenoxy) is 1. The van der Waals surface area contributed by atoms with Crippen molar-refractivity contribution in [1.82, 2.24) is 5.32 Å². The highest BCUT2D eigenvalue weighted by Crippen LogP contribution is 2.28. The standard InChI is InChI=1S/C14H16N2O4/c1-10-4-5-11(20-10)13(18)19-8-12(17)16-14(9-15)6-2-3-7-14/h4-5H,2-3,6-8H2,1H3,(H,16,17). The fourth-order valence-electron chi connectivity index (χ4n) is 2.29. The van der Waals surface area contributed by atoms with Gasteiger partial charge in [0.25, 0.3) is 5.91 Å². The van der Waals surface area contributed by atoms with E-state index in [-0.39, 0.29) is 5.76 Å². The second-order valence-electron chi connectivity index (χ2n) is 4.94. The summed E-state index contributed by atoms with van der Waals surface area (Å²) in [7, 11) is 0. The van der Waals surface area contributed by atoms with Crippen molar-refractivity contribution in [3.63, 3.8) is 0 Å². The summed E-state index contributed by atoms with van der Waals surface area (Å²) >= 11 is 0. The lowest BCUT2D eigenvalue weighted by Gasteiger charge is -2.21. The molecule has 6 heteroatoms. The lowest BCUT2D eigenvalue weighted by atomic mass is 10.00. The SMILES string of the molecule is Cc1ccc(C(=O)OCC(=O)NC2(C#N)CCCC2)o1. The Bertz CT molecular complexity index is 550. The van der Waals surface area contributed by atoms with Crippen LogP contribution in [0.2, 0.25) is 0 Å². The van der Waals surface area contributed by atoms with E-state index in [2.05, 4.69) is 11.4 Å². The molecule has 0 bridgehead atoms. The molecule has 1 aliphatic rings. The van der Waals surface area contributed by atoms with Crippen molar-refractivity contribution < 1.29 is 18.7 Å². The molecule has 6 nitrogen and oxygen atoms in total. The Morgan fingerprint density at radius 3 is 2.70 bits per heavy atom. The first kappa shape index (κ1) is 14.1. The van der Waals surface area contributed by atoms with Crippen molar-refractivity contribution in [2.45, 2.75) is 38.1 Å². The van der Waals surface area contributed by atoms with Gasteiger partial charge in [-0.3, -0.25) is 4.79 Å². The number of carbonyl (C=O) groups is 2. The monoisotopic (exact) mass is 276 g/mol. The number of amides is 1. The second-order valence-corrected chi connectivity index (χ2v) is 4.94. The Hall–Kier alpha value is -2.29. The molecule has 1 aromatic rings. The fraction of sp³-hybridized carbons (Fsp3) is 0.500. The van der Waals surface area contributed by atoms with E-state index < -0.39 is 24.0 Å². The Labute approximate surface area is 116 Å². The average molecular weight is 276 g/mol. The highest BCUT2D eigenvalue weighted by molar-refractivity contribution is 5.89. The van der Waals surface area contributed by atoms with Crippen LogP contribution in [0.1, 0.15) is 42.0 Å². The van der Waals surface area contributed by atoms with E-state index in [0.717, 1.165) is 12.8 Å². The van der Waals surface area contributed by atoms with Gasteiger partial charge in [-0.25, -0.2) is 4.79 Å². The van der Waals surface area contributed by atoms with Gasteiger partial charge in [0.05, 0.1) is 6.07 Å². The Morgan fingerprint density at radius 1 is 1.45 bits per heavy atom. The number of nitrogens with one attached hydrogen (secondary N) is 1. The van der Waals surface area contributed by atoms with E-state index in [0.29, 0.717) is 18.6 Å². The minimum absolute atomic E-state index is 0.0613. The zero-order valence-electron chi connectivity index (χ0n) is 11.3. The van der Waals surface area contributed by atoms with Gasteiger partial charge in [-0.2, -0.15) is 5.26 Å². The number of furan rings is 1. The third kappa shape index (κ3) is 3.18. The number of carbonyl (C=O) groups excluding carboxylic acids is 2. The summed E-state index contributed by atoms with van der Waals surface area (Å²) in [6.45, 7) is 1.29. The first-order chi connectivity index (χ1) is 9.54. The van der Waals surface area contributed by atoms with Crippen molar-refractivity contribution in [3.05, 3.63) is 23.7 Å². The molecule has 0 unspecified atom stereocenters. The summed E-state index contributed by atoms with van der Waals surface area (Å²) in [5, 5.41) is 11.8. The van der Waals surface area contributed by atoms with Crippen LogP contribution in [0.5, 0.6) is 0 Å². The molecule has 1 saturated carbocycles. The first-order valence-electron chi connectivity index (χ1n) is 6.50. The molecule has 0 spiro atoms. The molecule has 0 aromatic carbocycles. The molecule has 1 amide bonds. The highest BCUT2D eigenvalue weighted by atomic mass is 16.5. The van der Waals surface area contributed by atoms with Crippen LogP contribution in [0.15, 0.2) is 16.5 Å². The smallest absolute Gasteiger partial charge is 0.374 e. The van der Waals surface area contributed by atoms with E-state index in [9.17, 15) is 9.59 Å². The second kappa shape index (κ2) is 5.78. The number of nitrogens with zero attached hydrogens (tertiary/aromatic N) is 1. The van der Waals surface area contributed by atoms with Crippen molar-refractivity contribution >= 4 is 11.9 Å². The van der Waals surface area contributed by atoms with E-state index in [1.54, 1.807) is 13.0 Å². The maximum absolute atomic E-state index is 11.7. The summed E-state index contributed by atoms with van der Waals surface area (Å²) in [6.07, 6.45) is 3.11. The summed E-state index contributed by atoms with van der Waals surface area (Å²) in [4.78, 5) is 23.3. The average Bonchev–Trinajstić information content (AvgIpc) is 3.06. The number of rotatable bonds is 4. The molecule has 1 heterocycles. The van der Waals surface area contributed by atoms with Crippen LogP contribution in [0.4, 0.5) is 0 Å². The van der Waals surface area contributed by atoms with Gasteiger partial charge in [0, 0.05) is 0 Å². The quantitative estimate of drug-likeness (QED) is 0.845. The molecule has 106 valence electrons. The molecule has 1 N–H and O–H groups in total. The summed E-state index contributed by atoms with van der Waals surface area (Å²) in [5.41, 5.74) is -0.801. The van der Waals surface area contributed by atoms with E-state index in [1.165, 1.54) is 6.07 Å². The molecule has 20 heavy (non-hydrogen) atoms. The summed E-state index contributed by atoms with van der Waals surface area (Å²) in [6, 6.07) is 5.27. The molecule has 0 aliphatic heterocycles. The number of aryl methyl sites for hydroxylation is 1. The van der Waals surface area contributed by atoms with Crippen LogP contribution in [0.25, 0.3) is 0 Å². The maximum atomic E-state index is 11.7. The molecular formula is C14H16N2O4. The lowest BCUT2D eigenvalue weighted by molar-refractivity contribution is -0.125. The van der Waals surface area contributed by atoms with E-state index >= 15 is 0 Å². The normalized spacial score (nSPS) is 16.4. The first-order valence-corrected chi connectivity index (χ1v) is 6.50. The van der Waals surface area contributed by atoms with Gasteiger partial charge in [-0.05, 0) is 44.7 Å². The van der Waals surface area contributed by atoms with Gasteiger partial charge in [0.1, 0.15) is 11.3 Å². The van der Waals surface area contributed by atoms with Crippen molar-refractivity contribution in [3.8, 4) is 6.07 Å². The zero-order chi connectivity index (χ0) is 14.6. The fourth-order valence-corrected chi connectivity index (χ4v) is 2.29. The topological polar surface area (TPSA) is 92.3 Å². The van der Waals surface area contributed by atoms with Crippen molar-refractivity contribution in [2.24, 2.45) is 0 Å². The number of hydrogen-bond donors (Lipinski definition) is 1. The van der Waals surface area contributed by atoms with Gasteiger partial charge in [0.15, 0.2) is 6.61 Å². The minimum atomic E-state index is -0.801. The Kier molecular flexibility index (Phi) is 4.08. The Balaban J connectivity index is 1.83. The number of esters is 1. The molecular weight excluding hydrogens is 260 g/mol. The summed E-state index contributed by atoms with van der Waals surface area (Å²) < 4.78 is 9.94. The predicted octanol–water partition coefficient (Wildman–Crippen LogP) is 1.70. The number of nitriles is 1. The molecule has 0 radical (unpaired) electrons. The molecule has 0 atom stereocenters. The van der Waals surface area contributed by atoms with Crippen LogP contribution in [0, 0.1) is 18.3 Å². The zero-order valence-corrected chi connectivity index (χ0v) is 11.3. The van der Waals surface area contributed by atoms with Crippen LogP contribution in [0.3, 0.4) is 0 Å². The maximum Gasteiger partial charge on any atom is 0.374 e. The van der Waals surface area contributed by atoms with Crippen molar-refractivity contribution in [2.75, 3.05) is 6.61 Å². The third-order valence-corrected chi connectivity index (χ3v) is 3.33. The minimum Gasteiger partial charge on any atom is -0.454 e.